The third-order valence-electron chi connectivity index (χ3n) is 5.20. The molecular weight excluding hydrogens is 525 g/mol. The van der Waals surface area contributed by atoms with E-state index in [1.54, 1.807) is 0 Å². The van der Waals surface area contributed by atoms with E-state index in [1.165, 1.54) is 24.3 Å². The molecule has 1 heterocycles. The van der Waals surface area contributed by atoms with Crippen molar-refractivity contribution >= 4 is 39.2 Å². The van der Waals surface area contributed by atoms with Crippen LogP contribution in [0.5, 0.6) is 0 Å². The highest BCUT2D eigenvalue weighted by molar-refractivity contribution is 7.92. The molecule has 0 aliphatic carbocycles. The Bertz CT molecular complexity index is 1270. The number of hydrogen-bond acceptors (Lipinski definition) is 7. The first-order valence-electron chi connectivity index (χ1n) is 10.8. The van der Waals surface area contributed by atoms with E-state index in [2.05, 4.69) is 20.3 Å². The zero-order valence-electron chi connectivity index (χ0n) is 19.4. The fourth-order valence-electron chi connectivity index (χ4n) is 3.66. The van der Waals surface area contributed by atoms with Gasteiger partial charge >= 0.3 is 12.7 Å². The maximum Gasteiger partial charge on any atom is 0.416 e. The summed E-state index contributed by atoms with van der Waals surface area (Å²) in [6.45, 7) is -2.92. The van der Waals surface area contributed by atoms with Crippen LogP contribution in [-0.2, 0) is 20.9 Å². The predicted octanol–water partition coefficient (Wildman–Crippen LogP) is 3.30. The van der Waals surface area contributed by atoms with Crippen LogP contribution in [0.15, 0.2) is 41.4 Å². The molecular formula is C22H24F5N5O4S. The van der Waals surface area contributed by atoms with E-state index in [1.807, 2.05) is 0 Å². The average molecular weight is 550 g/mol. The molecule has 2 aromatic rings. The second-order valence-corrected chi connectivity index (χ2v) is 10.1. The second kappa shape index (κ2) is 11.3. The highest BCUT2D eigenvalue weighted by Gasteiger charge is 2.33. The van der Waals surface area contributed by atoms with Crippen LogP contribution < -0.4 is 21.1 Å². The monoisotopic (exact) mass is 549 g/mol. The van der Waals surface area contributed by atoms with E-state index >= 15 is 0 Å². The van der Waals surface area contributed by atoms with Crippen molar-refractivity contribution in [3.05, 3.63) is 53.1 Å². The lowest BCUT2D eigenvalue weighted by molar-refractivity contribution is -0.137. The lowest BCUT2D eigenvalue weighted by Gasteiger charge is -2.31. The minimum Gasteiger partial charge on any atom is -0.397 e. The number of nitrogens with one attached hydrogen (secondary N) is 3. The Hall–Kier alpha value is -3.46. The van der Waals surface area contributed by atoms with E-state index in [9.17, 15) is 35.2 Å². The first kappa shape index (κ1) is 28.1. The molecule has 202 valence electrons. The topological polar surface area (TPSA) is 135 Å². The molecule has 0 unspecified atom stereocenters. The summed E-state index contributed by atoms with van der Waals surface area (Å²) >= 11 is 0. The Morgan fingerprint density at radius 3 is 2.54 bits per heavy atom. The molecule has 0 saturated carbocycles. The van der Waals surface area contributed by atoms with Gasteiger partial charge in [-0.3, -0.25) is 9.52 Å². The SMILES string of the molecule is CS(=O)(=O)Nc1cccc(C(=O)N[C@@H]2COC[C@H](Nc3cc(C(F)(F)F)cc(/C=N/C(F)F)c3N)C2)c1. The lowest BCUT2D eigenvalue weighted by Crippen LogP contribution is -2.47. The van der Waals surface area contributed by atoms with Crippen LogP contribution in [-0.4, -0.2) is 58.6 Å². The van der Waals surface area contributed by atoms with Crippen LogP contribution in [0, 0.1) is 0 Å². The molecule has 0 radical (unpaired) electrons. The quantitative estimate of drug-likeness (QED) is 0.173. The number of carbonyl (C=O) groups excluding carboxylic acids is 1. The number of sulfonamides is 1. The maximum atomic E-state index is 13.4. The van der Waals surface area contributed by atoms with Gasteiger partial charge in [-0.1, -0.05) is 6.07 Å². The van der Waals surface area contributed by atoms with Crippen LogP contribution in [0.25, 0.3) is 0 Å². The Balaban J connectivity index is 1.74. The number of benzene rings is 2. The number of rotatable bonds is 8. The first-order chi connectivity index (χ1) is 17.2. The number of halogens is 5. The number of ether oxygens (including phenoxy) is 1. The van der Waals surface area contributed by atoms with Crippen molar-refractivity contribution in [3.63, 3.8) is 0 Å². The lowest BCUT2D eigenvalue weighted by atomic mass is 10.0. The van der Waals surface area contributed by atoms with E-state index in [-0.39, 0.29) is 47.8 Å². The summed E-state index contributed by atoms with van der Waals surface area (Å²) in [5.41, 5.74) is 4.50. The minimum atomic E-state index is -4.77. The standard InChI is InChI=1S/C22H24F5N5O4S/c1-37(34,35)32-15-4-2-3-12(6-15)20(33)31-17-8-16(10-36-11-17)30-18-7-14(22(25,26)27)5-13(19(18)28)9-29-21(23)24/h2-7,9,16-17,21,30,32H,8,10-11,28H2,1H3,(H,31,33)/b29-9+/t16-,17+/m1/s1. The summed E-state index contributed by atoms with van der Waals surface area (Å²) in [7, 11) is -3.55. The molecule has 1 saturated heterocycles. The zero-order chi connectivity index (χ0) is 27.4. The predicted molar refractivity (Wildman–Crippen MR) is 128 cm³/mol. The van der Waals surface area contributed by atoms with Crippen molar-refractivity contribution in [3.8, 4) is 0 Å². The van der Waals surface area contributed by atoms with Gasteiger partial charge in [0.2, 0.25) is 10.0 Å². The number of aliphatic imine (C=N–C) groups is 1. The number of hydrogen-bond donors (Lipinski definition) is 4. The van der Waals surface area contributed by atoms with E-state index in [0.717, 1.165) is 12.3 Å². The van der Waals surface area contributed by atoms with E-state index in [4.69, 9.17) is 10.5 Å². The fourth-order valence-corrected chi connectivity index (χ4v) is 4.22. The molecule has 1 aliphatic rings. The molecule has 1 aliphatic heterocycles. The minimum absolute atomic E-state index is 0.0796. The van der Waals surface area contributed by atoms with Crippen molar-refractivity contribution < 1.29 is 39.9 Å². The van der Waals surface area contributed by atoms with Gasteiger partial charge in [0.1, 0.15) is 0 Å². The van der Waals surface area contributed by atoms with Crippen LogP contribution in [0.2, 0.25) is 0 Å². The van der Waals surface area contributed by atoms with Crippen LogP contribution in [0.1, 0.15) is 27.9 Å². The number of amides is 1. The Kier molecular flexibility index (Phi) is 8.58. The maximum absolute atomic E-state index is 13.4. The number of alkyl halides is 5. The van der Waals surface area contributed by atoms with Crippen molar-refractivity contribution in [2.45, 2.75) is 31.2 Å². The molecule has 1 amide bonds. The molecule has 2 aromatic carbocycles. The van der Waals surface area contributed by atoms with Gasteiger partial charge < -0.3 is 21.1 Å². The van der Waals surface area contributed by atoms with E-state index < -0.39 is 46.3 Å². The van der Waals surface area contributed by atoms with Gasteiger partial charge in [0.05, 0.1) is 48.5 Å². The number of nitrogens with zero attached hydrogens (tertiary/aromatic N) is 1. The molecule has 1 fully saturated rings. The molecule has 3 rings (SSSR count). The van der Waals surface area contributed by atoms with Crippen molar-refractivity contribution in [2.24, 2.45) is 4.99 Å². The largest absolute Gasteiger partial charge is 0.416 e. The van der Waals surface area contributed by atoms with Gasteiger partial charge in [0.25, 0.3) is 5.91 Å². The van der Waals surface area contributed by atoms with Crippen molar-refractivity contribution in [1.82, 2.24) is 5.32 Å². The number of anilines is 3. The van der Waals surface area contributed by atoms with Gasteiger partial charge in [-0.15, -0.1) is 0 Å². The second-order valence-electron chi connectivity index (χ2n) is 8.32. The molecule has 0 aromatic heterocycles. The van der Waals surface area contributed by atoms with Crippen LogP contribution in [0.4, 0.5) is 39.0 Å². The third-order valence-corrected chi connectivity index (χ3v) is 5.80. The van der Waals surface area contributed by atoms with Crippen LogP contribution >= 0.6 is 0 Å². The Morgan fingerprint density at radius 2 is 1.89 bits per heavy atom. The van der Waals surface area contributed by atoms with Gasteiger partial charge in [-0.05, 0) is 36.8 Å². The molecule has 0 spiro atoms. The highest BCUT2D eigenvalue weighted by Crippen LogP contribution is 2.35. The number of nitrogen functional groups attached to an aromatic ring is 1. The first-order valence-corrected chi connectivity index (χ1v) is 12.7. The molecule has 0 bridgehead atoms. The Morgan fingerprint density at radius 1 is 1.19 bits per heavy atom. The molecule has 37 heavy (non-hydrogen) atoms. The summed E-state index contributed by atoms with van der Waals surface area (Å²) in [5, 5.41) is 5.58. The highest BCUT2D eigenvalue weighted by atomic mass is 32.2. The summed E-state index contributed by atoms with van der Waals surface area (Å²) < 4.78 is 95.7. The van der Waals surface area contributed by atoms with Crippen molar-refractivity contribution in [1.29, 1.82) is 0 Å². The average Bonchev–Trinajstić information content (AvgIpc) is 2.78. The normalized spacial score (nSPS) is 18.7. The van der Waals surface area contributed by atoms with Gasteiger partial charge in [0.15, 0.2) is 0 Å². The zero-order valence-corrected chi connectivity index (χ0v) is 20.2. The van der Waals surface area contributed by atoms with Gasteiger partial charge in [-0.25, -0.2) is 13.4 Å². The summed E-state index contributed by atoms with van der Waals surface area (Å²) in [4.78, 5) is 15.5. The molecule has 5 N–H and O–H groups in total. The number of nitrogens with two attached hydrogens (primary N) is 1. The number of carbonyl (C=O) groups is 1. The van der Waals surface area contributed by atoms with Gasteiger partial charge in [-0.2, -0.15) is 22.0 Å². The summed E-state index contributed by atoms with van der Waals surface area (Å²) in [6.07, 6.45) is -2.98. The summed E-state index contributed by atoms with van der Waals surface area (Å²) in [6, 6.07) is 6.06. The van der Waals surface area contributed by atoms with E-state index in [0.29, 0.717) is 12.3 Å². The smallest absolute Gasteiger partial charge is 0.397 e. The third kappa shape index (κ3) is 8.28. The Labute approximate surface area is 209 Å². The molecule has 2 atom stereocenters. The molecule has 15 heteroatoms. The molecule has 9 nitrogen and oxygen atoms in total. The fraction of sp³-hybridized carbons (Fsp3) is 0.364. The summed E-state index contributed by atoms with van der Waals surface area (Å²) in [5.74, 6) is -0.518. The van der Waals surface area contributed by atoms with Crippen molar-refractivity contribution in [2.75, 3.05) is 35.2 Å². The van der Waals surface area contributed by atoms with Gasteiger partial charge in [0, 0.05) is 23.0 Å². The van der Waals surface area contributed by atoms with Crippen LogP contribution in [0.3, 0.4) is 0 Å².